The van der Waals surface area contributed by atoms with E-state index in [2.05, 4.69) is 0 Å². The van der Waals surface area contributed by atoms with Crippen molar-refractivity contribution in [3.8, 4) is 0 Å². The summed E-state index contributed by atoms with van der Waals surface area (Å²) in [6, 6.07) is 3.64. The number of aryl methyl sites for hydroxylation is 1. The summed E-state index contributed by atoms with van der Waals surface area (Å²) < 4.78 is 0. The van der Waals surface area contributed by atoms with Crippen LogP contribution in [0.4, 0.5) is 11.4 Å². The summed E-state index contributed by atoms with van der Waals surface area (Å²) in [5.74, 6) is -0.131. The quantitative estimate of drug-likeness (QED) is 0.610. The van der Waals surface area contributed by atoms with Crippen LogP contribution in [0.2, 0.25) is 0 Å². The first-order valence-corrected chi connectivity index (χ1v) is 6.13. The predicted octanol–water partition coefficient (Wildman–Crippen LogP) is 2.18. The summed E-state index contributed by atoms with van der Waals surface area (Å²) in [4.78, 5) is 25.5. The number of rotatable bonds is 1. The van der Waals surface area contributed by atoms with Crippen molar-refractivity contribution in [3.63, 3.8) is 0 Å². The Hall–Kier alpha value is -1.84. The van der Waals surface area contributed by atoms with Gasteiger partial charge in [-0.2, -0.15) is 0 Å². The highest BCUT2D eigenvalue weighted by atomic mass is 16.2. The van der Waals surface area contributed by atoms with E-state index in [0.717, 1.165) is 11.1 Å². The molecule has 0 radical (unpaired) electrons. The number of nitrogen functional groups attached to an aromatic ring is 1. The fourth-order valence-corrected chi connectivity index (χ4v) is 2.43. The van der Waals surface area contributed by atoms with E-state index in [0.29, 0.717) is 24.2 Å². The van der Waals surface area contributed by atoms with Crippen molar-refractivity contribution < 1.29 is 9.59 Å². The van der Waals surface area contributed by atoms with E-state index in [1.165, 1.54) is 4.90 Å². The average molecular weight is 246 g/mol. The molecule has 1 fully saturated rings. The van der Waals surface area contributed by atoms with Gasteiger partial charge in [-0.05, 0) is 37.0 Å². The van der Waals surface area contributed by atoms with Gasteiger partial charge in [0, 0.05) is 18.5 Å². The van der Waals surface area contributed by atoms with Gasteiger partial charge in [-0.3, -0.25) is 9.59 Å². The highest BCUT2D eigenvalue weighted by Crippen LogP contribution is 2.33. The van der Waals surface area contributed by atoms with Crippen molar-refractivity contribution in [2.24, 2.45) is 5.92 Å². The number of carbonyl (C=O) groups is 2. The van der Waals surface area contributed by atoms with Crippen LogP contribution in [0.1, 0.15) is 30.9 Å². The third-order valence-electron chi connectivity index (χ3n) is 3.44. The van der Waals surface area contributed by atoms with Crippen molar-refractivity contribution in [1.29, 1.82) is 0 Å². The molecular formula is C14H18N2O2. The molecular weight excluding hydrogens is 228 g/mol. The molecule has 0 aliphatic carbocycles. The molecule has 0 spiro atoms. The van der Waals surface area contributed by atoms with Gasteiger partial charge < -0.3 is 5.73 Å². The summed E-state index contributed by atoms with van der Waals surface area (Å²) >= 11 is 0. The Morgan fingerprint density at radius 3 is 2.28 bits per heavy atom. The lowest BCUT2D eigenvalue weighted by atomic mass is 9.95. The molecule has 2 amide bonds. The smallest absolute Gasteiger partial charge is 0.234 e. The molecule has 1 heterocycles. The molecule has 1 aliphatic heterocycles. The molecule has 0 saturated carbocycles. The second-order valence-electron chi connectivity index (χ2n) is 5.08. The third-order valence-corrected chi connectivity index (χ3v) is 3.44. The zero-order valence-corrected chi connectivity index (χ0v) is 11.0. The number of piperidine rings is 1. The van der Waals surface area contributed by atoms with Gasteiger partial charge in [0.15, 0.2) is 0 Å². The topological polar surface area (TPSA) is 63.4 Å². The minimum absolute atomic E-state index is 0.128. The fourth-order valence-electron chi connectivity index (χ4n) is 2.43. The Kier molecular flexibility index (Phi) is 3.11. The number of hydrogen-bond acceptors (Lipinski definition) is 3. The van der Waals surface area contributed by atoms with Gasteiger partial charge in [0.25, 0.3) is 0 Å². The number of benzene rings is 1. The molecule has 0 unspecified atom stereocenters. The number of nitrogens with two attached hydrogens (primary N) is 1. The van der Waals surface area contributed by atoms with Gasteiger partial charge in [-0.1, -0.05) is 13.0 Å². The van der Waals surface area contributed by atoms with Crippen molar-refractivity contribution in [2.45, 2.75) is 33.6 Å². The Balaban J connectivity index is 2.51. The van der Waals surface area contributed by atoms with Crippen molar-refractivity contribution in [1.82, 2.24) is 0 Å². The van der Waals surface area contributed by atoms with Crippen LogP contribution >= 0.6 is 0 Å². The van der Waals surface area contributed by atoms with Gasteiger partial charge in [-0.15, -0.1) is 0 Å². The molecule has 0 atom stereocenters. The molecule has 1 aromatic rings. The first-order valence-electron chi connectivity index (χ1n) is 6.13. The number of imide groups is 1. The third kappa shape index (κ3) is 1.98. The highest BCUT2D eigenvalue weighted by molar-refractivity contribution is 6.17. The number of anilines is 2. The van der Waals surface area contributed by atoms with Gasteiger partial charge in [-0.25, -0.2) is 4.90 Å². The minimum atomic E-state index is -0.129. The zero-order chi connectivity index (χ0) is 13.4. The van der Waals surface area contributed by atoms with Crippen molar-refractivity contribution in [2.75, 3.05) is 10.6 Å². The Bertz CT molecular complexity index is 505. The normalized spacial score (nSPS) is 17.4. The van der Waals surface area contributed by atoms with Crippen LogP contribution in [-0.2, 0) is 9.59 Å². The molecule has 18 heavy (non-hydrogen) atoms. The summed E-state index contributed by atoms with van der Waals surface area (Å²) in [7, 11) is 0. The molecule has 1 aromatic carbocycles. The number of hydrogen-bond donors (Lipinski definition) is 1. The maximum atomic E-state index is 12.1. The molecule has 4 heteroatoms. The predicted molar refractivity (Wildman–Crippen MR) is 71.2 cm³/mol. The van der Waals surface area contributed by atoms with E-state index >= 15 is 0 Å². The lowest BCUT2D eigenvalue weighted by Crippen LogP contribution is -2.43. The summed E-state index contributed by atoms with van der Waals surface area (Å²) in [6.45, 7) is 5.66. The van der Waals surface area contributed by atoms with Gasteiger partial charge in [0.2, 0.25) is 11.8 Å². The van der Waals surface area contributed by atoms with E-state index in [1.54, 1.807) is 6.07 Å². The SMILES string of the molecule is Cc1ccc(N)c(C)c1N1C(=O)CC(C)CC1=O. The largest absolute Gasteiger partial charge is 0.398 e. The second kappa shape index (κ2) is 4.44. The molecule has 1 aliphatic rings. The summed E-state index contributed by atoms with van der Waals surface area (Å²) in [6.07, 6.45) is 0.832. The molecule has 0 bridgehead atoms. The van der Waals surface area contributed by atoms with E-state index in [-0.39, 0.29) is 17.7 Å². The lowest BCUT2D eigenvalue weighted by Gasteiger charge is -2.30. The summed E-state index contributed by atoms with van der Waals surface area (Å²) in [5, 5.41) is 0. The van der Waals surface area contributed by atoms with Crippen LogP contribution in [-0.4, -0.2) is 11.8 Å². The van der Waals surface area contributed by atoms with Crippen LogP contribution in [0.25, 0.3) is 0 Å². The Morgan fingerprint density at radius 2 is 1.72 bits per heavy atom. The lowest BCUT2D eigenvalue weighted by molar-refractivity contribution is -0.130. The number of nitrogens with zero attached hydrogens (tertiary/aromatic N) is 1. The van der Waals surface area contributed by atoms with Gasteiger partial charge in [0.1, 0.15) is 0 Å². The Labute approximate surface area is 107 Å². The molecule has 2 N–H and O–H groups in total. The zero-order valence-electron chi connectivity index (χ0n) is 11.0. The number of amides is 2. The fraction of sp³-hybridized carbons (Fsp3) is 0.429. The molecule has 96 valence electrons. The maximum absolute atomic E-state index is 12.1. The van der Waals surface area contributed by atoms with Crippen LogP contribution < -0.4 is 10.6 Å². The van der Waals surface area contributed by atoms with E-state index < -0.39 is 0 Å². The van der Waals surface area contributed by atoms with Crippen LogP contribution in [0.3, 0.4) is 0 Å². The molecule has 2 rings (SSSR count). The summed E-state index contributed by atoms with van der Waals surface area (Å²) in [5.41, 5.74) is 8.83. The minimum Gasteiger partial charge on any atom is -0.398 e. The van der Waals surface area contributed by atoms with E-state index in [4.69, 9.17) is 5.73 Å². The van der Waals surface area contributed by atoms with Crippen LogP contribution in [0.5, 0.6) is 0 Å². The maximum Gasteiger partial charge on any atom is 0.234 e. The average Bonchev–Trinajstić information content (AvgIpc) is 2.27. The Morgan fingerprint density at radius 1 is 1.17 bits per heavy atom. The first-order chi connectivity index (χ1) is 8.41. The molecule has 4 nitrogen and oxygen atoms in total. The monoisotopic (exact) mass is 246 g/mol. The van der Waals surface area contributed by atoms with Gasteiger partial charge in [0.05, 0.1) is 5.69 Å². The molecule has 0 aromatic heterocycles. The molecule has 1 saturated heterocycles. The first kappa shape index (κ1) is 12.6. The van der Waals surface area contributed by atoms with E-state index in [9.17, 15) is 9.59 Å². The van der Waals surface area contributed by atoms with E-state index in [1.807, 2.05) is 26.8 Å². The second-order valence-corrected chi connectivity index (χ2v) is 5.08. The van der Waals surface area contributed by atoms with Gasteiger partial charge >= 0.3 is 0 Å². The number of carbonyl (C=O) groups excluding carboxylic acids is 2. The van der Waals surface area contributed by atoms with Crippen molar-refractivity contribution >= 4 is 23.2 Å². The highest BCUT2D eigenvalue weighted by Gasteiger charge is 2.33. The van der Waals surface area contributed by atoms with Crippen LogP contribution in [0.15, 0.2) is 12.1 Å². The van der Waals surface area contributed by atoms with Crippen LogP contribution in [0, 0.1) is 19.8 Å². The standard InChI is InChI=1S/C14H18N2O2/c1-8-6-12(17)16(13(18)7-8)14-9(2)4-5-11(15)10(14)3/h4-5,8H,6-7,15H2,1-3H3. The van der Waals surface area contributed by atoms with Crippen molar-refractivity contribution in [3.05, 3.63) is 23.3 Å².